The minimum absolute atomic E-state index is 0.0195. The highest BCUT2D eigenvalue weighted by Crippen LogP contribution is 2.46. The fourth-order valence-corrected chi connectivity index (χ4v) is 4.41. The number of anilines is 1. The van der Waals surface area contributed by atoms with Crippen LogP contribution in [0, 0.1) is 11.7 Å². The van der Waals surface area contributed by atoms with Crippen molar-refractivity contribution in [3.63, 3.8) is 0 Å². The van der Waals surface area contributed by atoms with Gasteiger partial charge < -0.3 is 5.32 Å². The van der Waals surface area contributed by atoms with Crippen molar-refractivity contribution in [3.8, 4) is 5.69 Å². The van der Waals surface area contributed by atoms with Crippen LogP contribution in [0.3, 0.4) is 0 Å². The number of halogens is 1. The lowest BCUT2D eigenvalue weighted by atomic mass is 9.78. The quantitative estimate of drug-likeness (QED) is 0.447. The largest absolute Gasteiger partial charge is 0.347 e. The molecule has 1 aliphatic rings. The third kappa shape index (κ3) is 5.40. The zero-order chi connectivity index (χ0) is 26.4. The number of nitrogens with one attached hydrogen (secondary N) is 1. The summed E-state index contributed by atoms with van der Waals surface area (Å²) in [6.07, 6.45) is 1.25. The van der Waals surface area contributed by atoms with Gasteiger partial charge in [0, 0.05) is 29.5 Å². The zero-order valence-electron chi connectivity index (χ0n) is 21.7. The highest BCUT2D eigenvalue weighted by atomic mass is 19.1. The van der Waals surface area contributed by atoms with E-state index in [-0.39, 0.29) is 36.0 Å². The number of fused-ring (bicyclic) bond motifs is 1. The van der Waals surface area contributed by atoms with E-state index in [1.165, 1.54) is 18.6 Å². The molecule has 0 saturated heterocycles. The highest BCUT2D eigenvalue weighted by molar-refractivity contribution is 5.99. The number of carbonyl (C=O) groups excluding carboxylic acids is 2. The summed E-state index contributed by atoms with van der Waals surface area (Å²) in [5.41, 5.74) is 3.57. The maximum Gasteiger partial charge on any atom is 0.246 e. The molecule has 36 heavy (non-hydrogen) atoms. The molecule has 2 heterocycles. The lowest BCUT2D eigenvalue weighted by Crippen LogP contribution is -2.43. The molecule has 0 spiro atoms. The molecule has 2 aromatic carbocycles. The number of para-hydroxylation sites is 1. The van der Waals surface area contributed by atoms with Crippen LogP contribution in [-0.4, -0.2) is 28.1 Å². The molecular weight excluding hydrogens is 455 g/mol. The van der Waals surface area contributed by atoms with Crippen molar-refractivity contribution in [2.75, 3.05) is 11.4 Å². The van der Waals surface area contributed by atoms with Gasteiger partial charge in [-0.15, -0.1) is 0 Å². The molecule has 0 bridgehead atoms. The molecule has 3 aromatic rings. The van der Waals surface area contributed by atoms with E-state index in [1.807, 2.05) is 44.2 Å². The van der Waals surface area contributed by atoms with Gasteiger partial charge in [0.15, 0.2) is 0 Å². The number of nitrogens with zero attached hydrogens (tertiary/aromatic N) is 3. The van der Waals surface area contributed by atoms with Crippen molar-refractivity contribution in [1.82, 2.24) is 15.1 Å². The van der Waals surface area contributed by atoms with Gasteiger partial charge in [-0.3, -0.25) is 14.5 Å². The number of carbonyl (C=O) groups is 2. The lowest BCUT2D eigenvalue weighted by molar-refractivity contribution is -0.122. The van der Waals surface area contributed by atoms with Crippen LogP contribution in [0.1, 0.15) is 63.8 Å². The molecule has 7 heteroatoms. The van der Waals surface area contributed by atoms with Gasteiger partial charge in [-0.2, -0.15) is 5.10 Å². The van der Waals surface area contributed by atoms with Gasteiger partial charge in [0.05, 0.1) is 17.9 Å². The Morgan fingerprint density at radius 2 is 1.69 bits per heavy atom. The number of benzene rings is 2. The maximum atomic E-state index is 13.7. The number of amides is 2. The second-order valence-corrected chi connectivity index (χ2v) is 9.00. The summed E-state index contributed by atoms with van der Waals surface area (Å²) in [4.78, 5) is 27.4. The molecule has 0 radical (unpaired) electrons. The minimum Gasteiger partial charge on any atom is -0.347 e. The highest BCUT2D eigenvalue weighted by Gasteiger charge is 2.43. The topological polar surface area (TPSA) is 67.2 Å². The first-order valence-corrected chi connectivity index (χ1v) is 12.4. The number of hydrogen-bond acceptors (Lipinski definition) is 3. The summed E-state index contributed by atoms with van der Waals surface area (Å²) < 4.78 is 15.4. The number of rotatable bonds is 6. The van der Waals surface area contributed by atoms with Gasteiger partial charge in [0.25, 0.3) is 0 Å². The second kappa shape index (κ2) is 11.8. The van der Waals surface area contributed by atoms with Crippen LogP contribution >= 0.6 is 0 Å². The predicted molar refractivity (Wildman–Crippen MR) is 142 cm³/mol. The molecule has 1 N–H and O–H groups in total. The first kappa shape index (κ1) is 26.9. The Morgan fingerprint density at radius 1 is 1.08 bits per heavy atom. The summed E-state index contributed by atoms with van der Waals surface area (Å²) in [5.74, 6) is -0.645. The van der Waals surface area contributed by atoms with Gasteiger partial charge in [-0.25, -0.2) is 9.07 Å². The van der Waals surface area contributed by atoms with Crippen molar-refractivity contribution >= 4 is 17.6 Å². The van der Waals surface area contributed by atoms with E-state index < -0.39 is 0 Å². The SMILES string of the molecule is C=C(C)C(=O)NCc1nn(-c2ccccc2)c2c1C(c1ccc(F)cc1)C(C)C(=O)N2CC.CCC. The van der Waals surface area contributed by atoms with Crippen LogP contribution in [-0.2, 0) is 16.1 Å². The Morgan fingerprint density at radius 3 is 2.25 bits per heavy atom. The molecule has 1 aliphatic heterocycles. The molecule has 6 nitrogen and oxygen atoms in total. The number of hydrogen-bond donors (Lipinski definition) is 1. The monoisotopic (exact) mass is 490 g/mol. The zero-order valence-corrected chi connectivity index (χ0v) is 21.7. The predicted octanol–water partition coefficient (Wildman–Crippen LogP) is 5.75. The number of aromatic nitrogens is 2. The van der Waals surface area contributed by atoms with E-state index in [0.717, 1.165) is 16.8 Å². The minimum atomic E-state index is -0.382. The molecule has 1 aromatic heterocycles. The first-order valence-electron chi connectivity index (χ1n) is 12.4. The summed E-state index contributed by atoms with van der Waals surface area (Å²) in [6.45, 7) is 14.1. The molecule has 2 amide bonds. The Bertz CT molecular complexity index is 1220. The molecule has 2 unspecified atom stereocenters. The summed E-state index contributed by atoms with van der Waals surface area (Å²) in [6, 6.07) is 15.8. The van der Waals surface area contributed by atoms with Gasteiger partial charge in [-0.1, -0.05) is 64.1 Å². The molecule has 0 fully saturated rings. The lowest BCUT2D eigenvalue weighted by Gasteiger charge is -2.36. The average molecular weight is 491 g/mol. The maximum absolute atomic E-state index is 13.7. The Balaban J connectivity index is 0.00000115. The molecule has 2 atom stereocenters. The summed E-state index contributed by atoms with van der Waals surface area (Å²) in [7, 11) is 0. The van der Waals surface area contributed by atoms with Crippen LogP contribution in [0.4, 0.5) is 10.2 Å². The van der Waals surface area contributed by atoms with E-state index in [2.05, 4.69) is 25.7 Å². The smallest absolute Gasteiger partial charge is 0.246 e. The van der Waals surface area contributed by atoms with E-state index in [9.17, 15) is 14.0 Å². The third-order valence-electron chi connectivity index (χ3n) is 6.05. The average Bonchev–Trinajstić information content (AvgIpc) is 3.24. The van der Waals surface area contributed by atoms with Crippen molar-refractivity contribution in [1.29, 1.82) is 0 Å². The fourth-order valence-electron chi connectivity index (χ4n) is 4.41. The van der Waals surface area contributed by atoms with Crippen molar-refractivity contribution < 1.29 is 14.0 Å². The van der Waals surface area contributed by atoms with E-state index >= 15 is 0 Å². The van der Waals surface area contributed by atoms with Crippen molar-refractivity contribution in [2.24, 2.45) is 5.92 Å². The van der Waals surface area contributed by atoms with Gasteiger partial charge in [0.2, 0.25) is 11.8 Å². The second-order valence-electron chi connectivity index (χ2n) is 9.00. The van der Waals surface area contributed by atoms with Gasteiger partial charge in [-0.05, 0) is 43.7 Å². The van der Waals surface area contributed by atoms with Crippen LogP contribution in [0.2, 0.25) is 0 Å². The van der Waals surface area contributed by atoms with Gasteiger partial charge >= 0.3 is 0 Å². The van der Waals surface area contributed by atoms with E-state index in [4.69, 9.17) is 5.10 Å². The van der Waals surface area contributed by atoms with E-state index in [0.29, 0.717) is 23.6 Å². The van der Waals surface area contributed by atoms with Crippen LogP contribution in [0.15, 0.2) is 66.7 Å². The summed E-state index contributed by atoms with van der Waals surface area (Å²) in [5, 5.41) is 7.73. The molecular formula is C29H35FN4O2. The molecule has 0 aliphatic carbocycles. The summed E-state index contributed by atoms with van der Waals surface area (Å²) >= 11 is 0. The van der Waals surface area contributed by atoms with Crippen LogP contribution in [0.25, 0.3) is 5.69 Å². The molecule has 190 valence electrons. The van der Waals surface area contributed by atoms with Gasteiger partial charge in [0.1, 0.15) is 11.6 Å². The molecule has 0 saturated carbocycles. The van der Waals surface area contributed by atoms with Crippen LogP contribution in [0.5, 0.6) is 0 Å². The third-order valence-corrected chi connectivity index (χ3v) is 6.05. The Labute approximate surface area is 212 Å². The Kier molecular flexibility index (Phi) is 8.80. The first-order chi connectivity index (χ1) is 17.2. The normalized spacial score (nSPS) is 16.6. The van der Waals surface area contributed by atoms with Crippen molar-refractivity contribution in [2.45, 2.75) is 53.5 Å². The fraction of sp³-hybridized carbons (Fsp3) is 0.345. The van der Waals surface area contributed by atoms with E-state index in [1.54, 1.807) is 28.6 Å². The molecule has 4 rings (SSSR count). The van der Waals surface area contributed by atoms with Crippen LogP contribution < -0.4 is 10.2 Å². The standard InChI is InChI=1S/C26H27FN4O2.C3H8/c1-5-30-25-23(22(17(4)26(30)33)18-11-13-19(27)14-12-18)21(15-28-24(32)16(2)3)29-31(25)20-9-7-6-8-10-20;1-3-2/h6-14,17,22H,2,5,15H2,1,3-4H3,(H,28,32);3H2,1-2H3. The van der Waals surface area contributed by atoms with Crippen molar-refractivity contribution in [3.05, 3.63) is 89.4 Å². The Hall–Kier alpha value is -3.74.